The molecule has 84 valence electrons. The molecule has 15 heavy (non-hydrogen) atoms. The molecule has 1 aromatic carbocycles. The molecule has 0 fully saturated rings. The zero-order valence-electron chi connectivity index (χ0n) is 7.94. The molecule has 0 amide bonds. The number of aromatic carboxylic acids is 1. The molecule has 0 aliphatic heterocycles. The van der Waals surface area contributed by atoms with Crippen molar-refractivity contribution in [2.24, 2.45) is 0 Å². The van der Waals surface area contributed by atoms with Gasteiger partial charge >= 0.3 is 5.97 Å². The topological polar surface area (TPSA) is 37.3 Å². The van der Waals surface area contributed by atoms with Crippen molar-refractivity contribution in [3.05, 3.63) is 34.9 Å². The lowest BCUT2D eigenvalue weighted by molar-refractivity contribution is 0.0689. The molecule has 1 N–H and O–H groups in total. The lowest BCUT2D eigenvalue weighted by Gasteiger charge is -2.00. The fraction of sp³-hybridized carbons (Fsp3) is 0.222. The summed E-state index contributed by atoms with van der Waals surface area (Å²) in [6.07, 6.45) is 0. The van der Waals surface area contributed by atoms with E-state index in [2.05, 4.69) is 0 Å². The lowest BCUT2D eigenvalue weighted by atomic mass is 10.2. The van der Waals surface area contributed by atoms with E-state index in [4.69, 9.17) is 5.11 Å². The Morgan fingerprint density at radius 3 is 1.93 bits per heavy atom. The third-order valence-electron chi connectivity index (χ3n) is 1.33. The van der Waals surface area contributed by atoms with Gasteiger partial charge in [-0.1, -0.05) is 13.8 Å². The zero-order chi connectivity index (χ0) is 12.2. The van der Waals surface area contributed by atoms with Crippen LogP contribution in [0.5, 0.6) is 0 Å². The Hall–Kier alpha value is -1.59. The minimum Gasteiger partial charge on any atom is -0.478 e. The maximum Gasteiger partial charge on any atom is 0.338 e. The van der Waals surface area contributed by atoms with E-state index in [0.717, 1.165) is 0 Å². The second-order valence-electron chi connectivity index (χ2n) is 2.15. The molecule has 6 heteroatoms. The van der Waals surface area contributed by atoms with Crippen molar-refractivity contribution in [2.75, 3.05) is 0 Å². The van der Waals surface area contributed by atoms with E-state index >= 15 is 0 Å². The van der Waals surface area contributed by atoms with Gasteiger partial charge in [0.1, 0.15) is 5.56 Å². The van der Waals surface area contributed by atoms with Crippen LogP contribution in [-0.2, 0) is 0 Å². The van der Waals surface area contributed by atoms with E-state index in [1.165, 1.54) is 0 Å². The molecule has 0 atom stereocenters. The van der Waals surface area contributed by atoms with E-state index in [1.54, 1.807) is 0 Å². The minimum atomic E-state index is -2.13. The van der Waals surface area contributed by atoms with Crippen molar-refractivity contribution in [1.82, 2.24) is 0 Å². The summed E-state index contributed by atoms with van der Waals surface area (Å²) in [7, 11) is 0. The monoisotopic (exact) mass is 224 g/mol. The Labute approximate surface area is 83.1 Å². The van der Waals surface area contributed by atoms with E-state index in [-0.39, 0.29) is 6.07 Å². The molecule has 0 spiro atoms. The quantitative estimate of drug-likeness (QED) is 0.452. The first-order chi connectivity index (χ1) is 6.95. The van der Waals surface area contributed by atoms with Gasteiger partial charge in [0, 0.05) is 0 Å². The summed E-state index contributed by atoms with van der Waals surface area (Å²) >= 11 is 0. The fourth-order valence-corrected chi connectivity index (χ4v) is 0.728. The van der Waals surface area contributed by atoms with Gasteiger partial charge in [0.15, 0.2) is 23.3 Å². The maximum atomic E-state index is 12.5. The molecule has 0 heterocycles. The molecule has 0 unspecified atom stereocenters. The van der Waals surface area contributed by atoms with Crippen LogP contribution in [0.15, 0.2) is 6.07 Å². The van der Waals surface area contributed by atoms with Crippen molar-refractivity contribution >= 4 is 5.97 Å². The molecule has 0 saturated heterocycles. The largest absolute Gasteiger partial charge is 0.478 e. The third-order valence-corrected chi connectivity index (χ3v) is 1.33. The predicted octanol–water partition coefficient (Wildman–Crippen LogP) is 2.97. The van der Waals surface area contributed by atoms with Gasteiger partial charge in [0.25, 0.3) is 0 Å². The number of carbonyl (C=O) groups is 1. The Kier molecular flexibility index (Phi) is 4.77. The fourth-order valence-electron chi connectivity index (χ4n) is 0.728. The van der Waals surface area contributed by atoms with Crippen LogP contribution in [0.2, 0.25) is 0 Å². The normalized spacial score (nSPS) is 9.20. The van der Waals surface area contributed by atoms with Crippen molar-refractivity contribution in [3.8, 4) is 0 Å². The van der Waals surface area contributed by atoms with Crippen molar-refractivity contribution in [1.29, 1.82) is 0 Å². The average Bonchev–Trinajstić information content (AvgIpc) is 2.23. The maximum absolute atomic E-state index is 12.5. The highest BCUT2D eigenvalue weighted by molar-refractivity contribution is 5.87. The predicted molar refractivity (Wildman–Crippen MR) is 44.6 cm³/mol. The first-order valence-electron chi connectivity index (χ1n) is 4.01. The van der Waals surface area contributed by atoms with Crippen LogP contribution < -0.4 is 0 Å². The molecule has 1 rings (SSSR count). The molecule has 0 aliphatic rings. The highest BCUT2D eigenvalue weighted by Gasteiger charge is 2.22. The second-order valence-corrected chi connectivity index (χ2v) is 2.15. The molecule has 0 aromatic heterocycles. The first-order valence-corrected chi connectivity index (χ1v) is 4.01. The van der Waals surface area contributed by atoms with Gasteiger partial charge in [-0.25, -0.2) is 22.4 Å². The van der Waals surface area contributed by atoms with Crippen LogP contribution in [0.3, 0.4) is 0 Å². The molecular weight excluding hydrogens is 216 g/mol. The molecule has 0 bridgehead atoms. The second kappa shape index (κ2) is 5.33. The third kappa shape index (κ3) is 2.68. The standard InChI is InChI=1S/C7H2F4O2.C2H6/c8-3-1-2(7(12)13)4(9)6(11)5(3)10;1-2/h1H,(H,12,13);1-2H3. The number of benzene rings is 1. The molecular formula is C9H8F4O2. The first kappa shape index (κ1) is 13.4. The number of hydrogen-bond acceptors (Lipinski definition) is 1. The van der Waals surface area contributed by atoms with Crippen LogP contribution in [0.1, 0.15) is 24.2 Å². The summed E-state index contributed by atoms with van der Waals surface area (Å²) in [6.45, 7) is 4.00. The van der Waals surface area contributed by atoms with E-state index in [9.17, 15) is 22.4 Å². The number of rotatable bonds is 1. The van der Waals surface area contributed by atoms with E-state index < -0.39 is 34.8 Å². The summed E-state index contributed by atoms with van der Waals surface area (Å²) in [5.41, 5.74) is -1.24. The van der Waals surface area contributed by atoms with Crippen molar-refractivity contribution in [2.45, 2.75) is 13.8 Å². The van der Waals surface area contributed by atoms with Gasteiger partial charge in [0.2, 0.25) is 0 Å². The lowest BCUT2D eigenvalue weighted by Crippen LogP contribution is -2.06. The highest BCUT2D eigenvalue weighted by atomic mass is 19.2. The van der Waals surface area contributed by atoms with Gasteiger partial charge < -0.3 is 5.11 Å². The van der Waals surface area contributed by atoms with Gasteiger partial charge in [-0.3, -0.25) is 0 Å². The molecule has 2 nitrogen and oxygen atoms in total. The average molecular weight is 224 g/mol. The Balaban J connectivity index is 0.000000921. The number of carboxylic acids is 1. The zero-order valence-corrected chi connectivity index (χ0v) is 7.94. The summed E-state index contributed by atoms with van der Waals surface area (Å²) in [5, 5.41) is 8.21. The molecule has 1 aromatic rings. The summed E-state index contributed by atoms with van der Waals surface area (Å²) in [5.74, 6) is -9.67. The van der Waals surface area contributed by atoms with E-state index in [0.29, 0.717) is 0 Å². The summed E-state index contributed by atoms with van der Waals surface area (Å²) < 4.78 is 49.5. The molecule has 0 radical (unpaired) electrons. The summed E-state index contributed by atoms with van der Waals surface area (Å²) in [6, 6.07) is 0.0794. The Morgan fingerprint density at radius 1 is 1.07 bits per heavy atom. The molecule has 0 aliphatic carbocycles. The van der Waals surface area contributed by atoms with Gasteiger partial charge in [-0.05, 0) is 6.07 Å². The Morgan fingerprint density at radius 2 is 1.53 bits per heavy atom. The minimum absolute atomic E-state index is 0.0794. The Bertz CT molecular complexity index is 377. The van der Waals surface area contributed by atoms with Crippen molar-refractivity contribution < 1.29 is 27.5 Å². The number of halogens is 4. The van der Waals surface area contributed by atoms with Gasteiger partial charge in [0.05, 0.1) is 0 Å². The van der Waals surface area contributed by atoms with Crippen LogP contribution in [0.25, 0.3) is 0 Å². The van der Waals surface area contributed by atoms with Crippen molar-refractivity contribution in [3.63, 3.8) is 0 Å². The number of hydrogen-bond donors (Lipinski definition) is 1. The van der Waals surface area contributed by atoms with Gasteiger partial charge in [-0.15, -0.1) is 0 Å². The van der Waals surface area contributed by atoms with Crippen LogP contribution in [0.4, 0.5) is 17.6 Å². The SMILES string of the molecule is CC.O=C(O)c1cc(F)c(F)c(F)c1F. The van der Waals surface area contributed by atoms with Crippen LogP contribution >= 0.6 is 0 Å². The van der Waals surface area contributed by atoms with Crippen LogP contribution in [0, 0.1) is 23.3 Å². The number of carboxylic acid groups (broad SMARTS) is 1. The molecule has 0 saturated carbocycles. The highest BCUT2D eigenvalue weighted by Crippen LogP contribution is 2.18. The van der Waals surface area contributed by atoms with E-state index in [1.807, 2.05) is 13.8 Å². The van der Waals surface area contributed by atoms with Gasteiger partial charge in [-0.2, -0.15) is 0 Å². The van der Waals surface area contributed by atoms with Crippen LogP contribution in [-0.4, -0.2) is 11.1 Å². The smallest absolute Gasteiger partial charge is 0.338 e. The summed E-state index contributed by atoms with van der Waals surface area (Å²) in [4.78, 5) is 10.1.